The second kappa shape index (κ2) is 5.78. The molecule has 0 N–H and O–H groups in total. The van der Waals surface area contributed by atoms with Gasteiger partial charge in [-0.05, 0) is 34.1 Å². The Balaban J connectivity index is 1.52. The Morgan fingerprint density at radius 1 is 1.16 bits per heavy atom. The summed E-state index contributed by atoms with van der Waals surface area (Å²) in [4.78, 5) is 4.87. The molecule has 4 aromatic rings. The smallest absolute Gasteiger partial charge is 0.235 e. The maximum atomic E-state index is 6.02. The van der Waals surface area contributed by atoms with Crippen LogP contribution in [0.3, 0.4) is 0 Å². The lowest BCUT2D eigenvalue weighted by molar-refractivity contribution is 0.0904. The zero-order chi connectivity index (χ0) is 16.8. The van der Waals surface area contributed by atoms with Gasteiger partial charge in [0.05, 0.1) is 0 Å². The molecule has 0 unspecified atom stereocenters. The molecule has 1 aromatic carbocycles. The minimum absolute atomic E-state index is 0.268. The van der Waals surface area contributed by atoms with Gasteiger partial charge < -0.3 is 9.47 Å². The highest BCUT2D eigenvalue weighted by atomic mass is 79.9. The van der Waals surface area contributed by atoms with Gasteiger partial charge in [0.25, 0.3) is 0 Å². The number of fused-ring (bicyclic) bond motifs is 2. The van der Waals surface area contributed by atoms with E-state index in [-0.39, 0.29) is 6.10 Å². The number of pyridine rings is 1. The van der Waals surface area contributed by atoms with Crippen LogP contribution in [0.4, 0.5) is 0 Å². The summed E-state index contributed by atoms with van der Waals surface area (Å²) in [6, 6.07) is 9.55. The van der Waals surface area contributed by atoms with E-state index in [2.05, 4.69) is 36.2 Å². The molecular formula is C16H10BrN5O2S. The fourth-order valence-corrected chi connectivity index (χ4v) is 3.83. The molecule has 1 atom stereocenters. The summed E-state index contributed by atoms with van der Waals surface area (Å²) in [5.41, 5.74) is 0.838. The van der Waals surface area contributed by atoms with E-state index in [4.69, 9.17) is 9.47 Å². The highest BCUT2D eigenvalue weighted by molar-refractivity contribution is 9.10. The van der Waals surface area contributed by atoms with Crippen LogP contribution < -0.4 is 9.47 Å². The number of hydrogen-bond acceptors (Lipinski definition) is 7. The van der Waals surface area contributed by atoms with E-state index < -0.39 is 0 Å². The highest BCUT2D eigenvalue weighted by Gasteiger charge is 2.27. The van der Waals surface area contributed by atoms with Gasteiger partial charge in [-0.1, -0.05) is 23.5 Å². The van der Waals surface area contributed by atoms with E-state index in [0.29, 0.717) is 17.4 Å². The Morgan fingerprint density at radius 3 is 2.92 bits per heavy atom. The number of ether oxygens (including phenoxy) is 2. The number of hydrogen-bond donors (Lipinski definition) is 0. The summed E-state index contributed by atoms with van der Waals surface area (Å²) in [5, 5.41) is 13.9. The zero-order valence-corrected chi connectivity index (χ0v) is 15.1. The first-order valence-corrected chi connectivity index (χ1v) is 9.10. The van der Waals surface area contributed by atoms with Crippen LogP contribution in [0.15, 0.2) is 47.2 Å². The normalized spacial score (nSPS) is 16.3. The Kier molecular flexibility index (Phi) is 3.42. The molecule has 3 aromatic heterocycles. The van der Waals surface area contributed by atoms with E-state index in [0.717, 1.165) is 26.5 Å². The molecule has 0 bridgehead atoms. The molecule has 7 nitrogen and oxygen atoms in total. The lowest BCUT2D eigenvalue weighted by Crippen LogP contribution is -2.21. The Hall–Kier alpha value is -2.52. The number of aromatic nitrogens is 5. The van der Waals surface area contributed by atoms with Crippen molar-refractivity contribution in [3.8, 4) is 22.9 Å². The van der Waals surface area contributed by atoms with Crippen LogP contribution in [0.1, 0.15) is 11.1 Å². The molecule has 1 aliphatic rings. The fourth-order valence-electron chi connectivity index (χ4n) is 2.62. The van der Waals surface area contributed by atoms with E-state index >= 15 is 0 Å². The first kappa shape index (κ1) is 14.8. The van der Waals surface area contributed by atoms with Gasteiger partial charge in [0.2, 0.25) is 4.96 Å². The minimum Gasteiger partial charge on any atom is -0.485 e. The van der Waals surface area contributed by atoms with Crippen molar-refractivity contribution in [1.82, 2.24) is 24.8 Å². The standard InChI is InChI=1S/C16H10BrN5O2S/c17-10-5-9(6-18-7-10)14-19-20-16-22(14)21-15(25-16)13-8-23-11-3-1-2-4-12(11)24-13/h1-7,13H,8H2/t13-/m1/s1. The molecule has 5 rings (SSSR count). The molecule has 9 heteroatoms. The van der Waals surface area contributed by atoms with E-state index in [1.54, 1.807) is 16.9 Å². The molecule has 25 heavy (non-hydrogen) atoms. The van der Waals surface area contributed by atoms with Gasteiger partial charge in [-0.15, -0.1) is 10.2 Å². The summed E-state index contributed by atoms with van der Waals surface area (Å²) >= 11 is 4.86. The maximum absolute atomic E-state index is 6.02. The quantitative estimate of drug-likeness (QED) is 0.498. The van der Waals surface area contributed by atoms with Crippen molar-refractivity contribution in [3.05, 3.63) is 52.2 Å². The fraction of sp³-hybridized carbons (Fsp3) is 0.125. The number of benzene rings is 1. The summed E-state index contributed by atoms with van der Waals surface area (Å²) in [6.07, 6.45) is 3.19. The van der Waals surface area contributed by atoms with Gasteiger partial charge in [-0.25, -0.2) is 0 Å². The molecular weight excluding hydrogens is 406 g/mol. The van der Waals surface area contributed by atoms with E-state index in [1.165, 1.54) is 11.3 Å². The third-order valence-corrected chi connectivity index (χ3v) is 5.18. The summed E-state index contributed by atoms with van der Waals surface area (Å²) in [5.74, 6) is 2.12. The van der Waals surface area contributed by atoms with Gasteiger partial charge in [0.15, 0.2) is 28.4 Å². The van der Waals surface area contributed by atoms with Gasteiger partial charge in [0.1, 0.15) is 6.61 Å². The third-order valence-electron chi connectivity index (χ3n) is 3.75. The molecule has 0 saturated carbocycles. The average molecular weight is 416 g/mol. The van der Waals surface area contributed by atoms with Crippen LogP contribution in [0.2, 0.25) is 0 Å². The molecule has 0 aliphatic carbocycles. The number of nitrogens with zero attached hydrogens (tertiary/aromatic N) is 5. The molecule has 1 aliphatic heterocycles. The predicted molar refractivity (Wildman–Crippen MR) is 94.9 cm³/mol. The maximum Gasteiger partial charge on any atom is 0.235 e. The van der Waals surface area contributed by atoms with E-state index in [9.17, 15) is 0 Å². The lowest BCUT2D eigenvalue weighted by Gasteiger charge is -2.24. The molecule has 4 heterocycles. The zero-order valence-electron chi connectivity index (χ0n) is 12.7. The third kappa shape index (κ3) is 2.56. The molecule has 0 spiro atoms. The number of halogens is 1. The predicted octanol–water partition coefficient (Wildman–Crippen LogP) is 3.52. The van der Waals surface area contributed by atoms with Crippen molar-refractivity contribution < 1.29 is 9.47 Å². The molecule has 0 fully saturated rings. The van der Waals surface area contributed by atoms with Gasteiger partial charge in [-0.2, -0.15) is 9.61 Å². The monoisotopic (exact) mass is 415 g/mol. The van der Waals surface area contributed by atoms with Crippen LogP contribution in [-0.4, -0.2) is 31.4 Å². The minimum atomic E-state index is -0.268. The molecule has 124 valence electrons. The van der Waals surface area contributed by atoms with Crippen molar-refractivity contribution in [2.24, 2.45) is 0 Å². The van der Waals surface area contributed by atoms with Crippen molar-refractivity contribution >= 4 is 32.2 Å². The van der Waals surface area contributed by atoms with Crippen molar-refractivity contribution in [3.63, 3.8) is 0 Å². The second-order valence-corrected chi connectivity index (χ2v) is 7.32. The molecule has 0 amide bonds. The Morgan fingerprint density at radius 2 is 2.04 bits per heavy atom. The topological polar surface area (TPSA) is 74.4 Å². The largest absolute Gasteiger partial charge is 0.485 e. The SMILES string of the molecule is Brc1cncc(-c2nnc3sc([C@H]4COc5ccccc5O4)nn23)c1. The van der Waals surface area contributed by atoms with Crippen molar-refractivity contribution in [1.29, 1.82) is 0 Å². The van der Waals surface area contributed by atoms with Gasteiger partial charge >= 0.3 is 0 Å². The summed E-state index contributed by atoms with van der Waals surface area (Å²) in [7, 11) is 0. The first-order valence-electron chi connectivity index (χ1n) is 7.49. The average Bonchev–Trinajstić information content (AvgIpc) is 3.22. The first-order chi connectivity index (χ1) is 12.3. The van der Waals surface area contributed by atoms with E-state index in [1.807, 2.05) is 30.3 Å². The second-order valence-electron chi connectivity index (χ2n) is 5.41. The van der Waals surface area contributed by atoms with Crippen LogP contribution in [0, 0.1) is 0 Å². The molecule has 0 saturated heterocycles. The number of para-hydroxylation sites is 2. The highest BCUT2D eigenvalue weighted by Crippen LogP contribution is 2.37. The van der Waals surface area contributed by atoms with Crippen LogP contribution in [-0.2, 0) is 0 Å². The summed E-state index contributed by atoms with van der Waals surface area (Å²) in [6.45, 7) is 0.412. The number of rotatable bonds is 2. The van der Waals surface area contributed by atoms with Crippen LogP contribution >= 0.6 is 27.3 Å². The van der Waals surface area contributed by atoms with Gasteiger partial charge in [0, 0.05) is 22.4 Å². The van der Waals surface area contributed by atoms with Crippen LogP contribution in [0.5, 0.6) is 11.5 Å². The lowest BCUT2D eigenvalue weighted by atomic mass is 10.2. The Labute approximate surface area is 154 Å². The van der Waals surface area contributed by atoms with Crippen molar-refractivity contribution in [2.45, 2.75) is 6.10 Å². The van der Waals surface area contributed by atoms with Crippen LogP contribution in [0.25, 0.3) is 16.3 Å². The van der Waals surface area contributed by atoms with Crippen molar-refractivity contribution in [2.75, 3.05) is 6.61 Å². The molecule has 0 radical (unpaired) electrons. The Bertz CT molecular complexity index is 1080. The summed E-state index contributed by atoms with van der Waals surface area (Å²) < 4.78 is 14.4. The van der Waals surface area contributed by atoms with Gasteiger partial charge in [-0.3, -0.25) is 4.98 Å².